The number of hydrogen-bond acceptors (Lipinski definition) is 8. The van der Waals surface area contributed by atoms with E-state index in [2.05, 4.69) is 4.90 Å². The number of likely N-dealkylation sites (N-methyl/N-ethyl adjacent to an activating group) is 2. The normalized spacial score (nSPS) is 29.5. The first-order valence-electron chi connectivity index (χ1n) is 15.0. The first-order valence-corrected chi connectivity index (χ1v) is 15.0. The quantitative estimate of drug-likeness (QED) is 0.407. The molecule has 1 amide bonds. The molecule has 1 aromatic carbocycles. The minimum atomic E-state index is -0.866. The van der Waals surface area contributed by atoms with Crippen molar-refractivity contribution in [3.05, 3.63) is 47.3 Å². The second-order valence-electron chi connectivity index (χ2n) is 12.1. The zero-order valence-electron chi connectivity index (χ0n) is 25.5. The predicted molar refractivity (Wildman–Crippen MR) is 160 cm³/mol. The molecule has 0 radical (unpaired) electrons. The number of aliphatic hydroxyl groups excluding tert-OH is 1. The summed E-state index contributed by atoms with van der Waals surface area (Å²) in [6, 6.07) is 5.06. The van der Waals surface area contributed by atoms with Gasteiger partial charge in [0.05, 0.1) is 31.8 Å². The second-order valence-corrected chi connectivity index (χ2v) is 12.1. The van der Waals surface area contributed by atoms with Crippen LogP contribution in [0.25, 0.3) is 6.08 Å². The van der Waals surface area contributed by atoms with Crippen molar-refractivity contribution < 1.29 is 33.3 Å². The predicted octanol–water partition coefficient (Wildman–Crippen LogP) is 4.10. The third-order valence-corrected chi connectivity index (χ3v) is 8.58. The number of benzene rings is 1. The Hall–Kier alpha value is -2.95. The lowest BCUT2D eigenvalue weighted by Gasteiger charge is -2.36. The molecular formula is C32H46FN3O6. The van der Waals surface area contributed by atoms with Gasteiger partial charge in [0.1, 0.15) is 18.0 Å². The van der Waals surface area contributed by atoms with Gasteiger partial charge in [-0.05, 0) is 68.1 Å². The zero-order valence-corrected chi connectivity index (χ0v) is 25.5. The van der Waals surface area contributed by atoms with Crippen LogP contribution in [0.1, 0.15) is 45.6 Å². The number of halogens is 1. The van der Waals surface area contributed by atoms with Crippen molar-refractivity contribution in [1.29, 1.82) is 0 Å². The van der Waals surface area contributed by atoms with Gasteiger partial charge in [-0.25, -0.2) is 9.18 Å². The van der Waals surface area contributed by atoms with Crippen molar-refractivity contribution in [2.75, 3.05) is 58.4 Å². The zero-order chi connectivity index (χ0) is 30.4. The molecule has 9 nitrogen and oxygen atoms in total. The molecule has 3 heterocycles. The molecule has 1 aromatic rings. The lowest BCUT2D eigenvalue weighted by atomic mass is 9.91. The van der Waals surface area contributed by atoms with Crippen LogP contribution < -0.4 is 4.90 Å². The summed E-state index contributed by atoms with van der Waals surface area (Å²) in [5.74, 6) is -1.18. The van der Waals surface area contributed by atoms with Crippen molar-refractivity contribution in [1.82, 2.24) is 9.80 Å². The molecule has 0 bridgehead atoms. The van der Waals surface area contributed by atoms with E-state index < -0.39 is 24.3 Å². The Balaban J connectivity index is 1.56. The Morgan fingerprint density at radius 1 is 1.12 bits per heavy atom. The summed E-state index contributed by atoms with van der Waals surface area (Å²) in [6.45, 7) is 9.81. The topological polar surface area (TPSA) is 91.8 Å². The summed E-state index contributed by atoms with van der Waals surface area (Å²) in [5, 5.41) is 10.6. The molecule has 0 aliphatic carbocycles. The van der Waals surface area contributed by atoms with Crippen molar-refractivity contribution in [2.24, 2.45) is 11.8 Å². The number of amides is 1. The monoisotopic (exact) mass is 587 g/mol. The van der Waals surface area contributed by atoms with E-state index in [0.717, 1.165) is 24.4 Å². The number of carbonyl (C=O) groups excluding carboxylic acids is 2. The second kappa shape index (κ2) is 14.5. The molecule has 0 saturated carbocycles. The molecule has 0 aromatic heterocycles. The first kappa shape index (κ1) is 32.0. The van der Waals surface area contributed by atoms with E-state index in [1.54, 1.807) is 4.90 Å². The van der Waals surface area contributed by atoms with Crippen LogP contribution in [0.5, 0.6) is 0 Å². The molecule has 1 N–H and O–H groups in total. The SMILES string of the molecule is C/C(=C\c1cc(F)cc(N(C)C2COC2)c1)[C@H]1OC(=O)C[C@H](O)CC[C@H](C)[C@H](OC(=O)N2CCN(C)CC2)/C=C/[C@@H]1C. The Morgan fingerprint density at radius 3 is 2.50 bits per heavy atom. The summed E-state index contributed by atoms with van der Waals surface area (Å²) < 4.78 is 31.8. The van der Waals surface area contributed by atoms with E-state index >= 15 is 0 Å². The van der Waals surface area contributed by atoms with E-state index in [1.165, 1.54) is 12.1 Å². The van der Waals surface area contributed by atoms with E-state index in [4.69, 9.17) is 14.2 Å². The minimum absolute atomic E-state index is 0.0613. The van der Waals surface area contributed by atoms with Gasteiger partial charge < -0.3 is 34.0 Å². The highest BCUT2D eigenvalue weighted by Gasteiger charge is 2.29. The van der Waals surface area contributed by atoms with Gasteiger partial charge in [0.15, 0.2) is 0 Å². The van der Waals surface area contributed by atoms with Gasteiger partial charge in [0, 0.05) is 44.8 Å². The van der Waals surface area contributed by atoms with Crippen molar-refractivity contribution in [3.8, 4) is 0 Å². The average Bonchev–Trinajstić information content (AvgIpc) is 2.90. The fourth-order valence-electron chi connectivity index (χ4n) is 5.52. The Bertz CT molecular complexity index is 1150. The number of anilines is 1. The number of piperazine rings is 1. The van der Waals surface area contributed by atoms with Crippen molar-refractivity contribution in [3.63, 3.8) is 0 Å². The molecule has 4 rings (SSSR count). The summed E-state index contributed by atoms with van der Waals surface area (Å²) in [5.41, 5.74) is 2.13. The molecule has 232 valence electrons. The van der Waals surface area contributed by atoms with Crippen LogP contribution in [-0.4, -0.2) is 105 Å². The molecule has 0 unspecified atom stereocenters. The molecular weight excluding hydrogens is 541 g/mol. The third kappa shape index (κ3) is 8.55. The number of hydrogen-bond donors (Lipinski definition) is 1. The maximum absolute atomic E-state index is 14.6. The van der Waals surface area contributed by atoms with Crippen LogP contribution in [0.3, 0.4) is 0 Å². The number of ether oxygens (including phenoxy) is 3. The number of esters is 1. The standard InChI is InChI=1S/C32H46FN3O6/c1-21-6-8-28(37)18-30(38)42-31(22(2)7-9-29(21)41-32(39)36-12-10-34(4)11-13-36)23(3)14-24-15-25(33)17-26(16-24)35(5)27-19-40-20-27/h7,9,14-17,21-22,27-29,31,37H,6,8,10-13,18-20H2,1-5H3/b9-7+,23-14+/t21-,22-,28+,29+,31-/m0/s1. The van der Waals surface area contributed by atoms with Crippen LogP contribution in [0, 0.1) is 17.7 Å². The first-order chi connectivity index (χ1) is 20.0. The Labute approximate surface area is 248 Å². The fraction of sp³-hybridized carbons (Fsp3) is 0.625. The number of nitrogens with zero attached hydrogens (tertiary/aromatic N) is 3. The number of cyclic esters (lactones) is 1. The van der Waals surface area contributed by atoms with Crippen LogP contribution in [0.2, 0.25) is 0 Å². The van der Waals surface area contributed by atoms with Crippen LogP contribution in [-0.2, 0) is 19.0 Å². The van der Waals surface area contributed by atoms with E-state index in [1.807, 2.05) is 64.1 Å². The minimum Gasteiger partial charge on any atom is -0.457 e. The van der Waals surface area contributed by atoms with Crippen LogP contribution in [0.15, 0.2) is 35.9 Å². The summed E-state index contributed by atoms with van der Waals surface area (Å²) in [4.78, 5) is 31.8. The largest absolute Gasteiger partial charge is 0.457 e. The molecule has 10 heteroatoms. The van der Waals surface area contributed by atoms with Crippen LogP contribution >= 0.6 is 0 Å². The molecule has 3 aliphatic rings. The van der Waals surface area contributed by atoms with Gasteiger partial charge in [-0.15, -0.1) is 0 Å². The molecule has 2 saturated heterocycles. The van der Waals surface area contributed by atoms with Gasteiger partial charge in [0.2, 0.25) is 0 Å². The van der Waals surface area contributed by atoms with E-state index in [0.29, 0.717) is 44.7 Å². The molecule has 3 aliphatic heterocycles. The highest BCUT2D eigenvalue weighted by Crippen LogP contribution is 2.28. The maximum atomic E-state index is 14.6. The molecule has 2 fully saturated rings. The highest BCUT2D eigenvalue weighted by atomic mass is 19.1. The smallest absolute Gasteiger partial charge is 0.410 e. The summed E-state index contributed by atoms with van der Waals surface area (Å²) in [7, 11) is 3.95. The van der Waals surface area contributed by atoms with Gasteiger partial charge in [-0.2, -0.15) is 0 Å². The maximum Gasteiger partial charge on any atom is 0.410 e. The summed E-state index contributed by atoms with van der Waals surface area (Å²) >= 11 is 0. The van der Waals surface area contributed by atoms with Crippen molar-refractivity contribution in [2.45, 2.75) is 64.4 Å². The Kier molecular flexibility index (Phi) is 11.0. The molecule has 0 spiro atoms. The van der Waals surface area contributed by atoms with Crippen LogP contribution in [0.4, 0.5) is 14.9 Å². The van der Waals surface area contributed by atoms with Crippen molar-refractivity contribution >= 4 is 23.8 Å². The lowest BCUT2D eigenvalue weighted by molar-refractivity contribution is -0.151. The highest BCUT2D eigenvalue weighted by molar-refractivity contribution is 5.71. The van der Waals surface area contributed by atoms with Gasteiger partial charge in [0.25, 0.3) is 0 Å². The number of aliphatic hydroxyl groups is 1. The summed E-state index contributed by atoms with van der Waals surface area (Å²) in [6.07, 6.45) is 4.10. The third-order valence-electron chi connectivity index (χ3n) is 8.58. The van der Waals surface area contributed by atoms with E-state index in [9.17, 15) is 19.1 Å². The lowest BCUT2D eigenvalue weighted by Crippen LogP contribution is -2.48. The fourth-order valence-corrected chi connectivity index (χ4v) is 5.52. The van der Waals surface area contributed by atoms with Gasteiger partial charge in [-0.1, -0.05) is 26.0 Å². The van der Waals surface area contributed by atoms with Gasteiger partial charge in [-0.3, -0.25) is 4.79 Å². The number of rotatable bonds is 5. The number of carbonyl (C=O) groups is 2. The average molecular weight is 588 g/mol. The van der Waals surface area contributed by atoms with E-state index in [-0.39, 0.29) is 36.2 Å². The Morgan fingerprint density at radius 2 is 1.83 bits per heavy atom. The van der Waals surface area contributed by atoms with Gasteiger partial charge >= 0.3 is 12.1 Å². The molecule has 5 atom stereocenters. The molecule has 42 heavy (non-hydrogen) atoms.